The van der Waals surface area contributed by atoms with Gasteiger partial charge in [-0.05, 0) is 54.8 Å². The zero-order valence-electron chi connectivity index (χ0n) is 14.0. The fraction of sp³-hybridized carbons (Fsp3) is 0.263. The number of benzene rings is 2. The van der Waals surface area contributed by atoms with Gasteiger partial charge in [0.15, 0.2) is 6.23 Å². The zero-order chi connectivity index (χ0) is 17.5. The fourth-order valence-corrected chi connectivity index (χ4v) is 2.14. The molecule has 2 amide bonds. The van der Waals surface area contributed by atoms with E-state index in [0.717, 1.165) is 0 Å². The number of anilines is 1. The monoisotopic (exact) mass is 323 g/mol. The number of nitrogens with zero attached hydrogens (tertiary/aromatic N) is 1. The largest absolute Gasteiger partial charge is 0.471 e. The highest BCUT2D eigenvalue weighted by molar-refractivity contribution is 5.89. The Morgan fingerprint density at radius 1 is 1.04 bits per heavy atom. The van der Waals surface area contributed by atoms with Gasteiger partial charge in [0.1, 0.15) is 5.75 Å². The first kappa shape index (κ1) is 17.4. The average Bonchev–Trinajstić information content (AvgIpc) is 2.55. The number of nitrogens with one attached hydrogen (secondary N) is 2. The van der Waals surface area contributed by atoms with Crippen LogP contribution in [0.3, 0.4) is 0 Å². The lowest BCUT2D eigenvalue weighted by molar-refractivity contribution is 0.183. The van der Waals surface area contributed by atoms with Crippen molar-refractivity contribution in [2.75, 3.05) is 5.32 Å². The minimum absolute atomic E-state index is 0.369. The standard InChI is InChI=1S/C19H21N3O2/c1-13(2)16-6-10-18(11-7-16)24-14(3)21-19(23)22-17-8-4-15(12-20)5-9-17/h4-11,13-14H,1-3H3,(H2,21,22,23). The SMILES string of the molecule is CC(NC(=O)Nc1ccc(C#N)cc1)Oc1ccc(C(C)C)cc1. The normalized spacial score (nSPS) is 11.5. The number of carbonyl (C=O) groups excluding carboxylic acids is 1. The number of rotatable bonds is 5. The van der Waals surface area contributed by atoms with Crippen LogP contribution in [0, 0.1) is 11.3 Å². The third kappa shape index (κ3) is 5.03. The van der Waals surface area contributed by atoms with E-state index in [2.05, 4.69) is 24.5 Å². The molecule has 124 valence electrons. The van der Waals surface area contributed by atoms with Crippen molar-refractivity contribution in [2.24, 2.45) is 0 Å². The van der Waals surface area contributed by atoms with Crippen LogP contribution in [0.1, 0.15) is 37.8 Å². The van der Waals surface area contributed by atoms with Crippen LogP contribution in [0.4, 0.5) is 10.5 Å². The van der Waals surface area contributed by atoms with Crippen molar-refractivity contribution in [3.05, 3.63) is 59.7 Å². The van der Waals surface area contributed by atoms with E-state index >= 15 is 0 Å². The molecule has 0 heterocycles. The Morgan fingerprint density at radius 2 is 1.67 bits per heavy atom. The van der Waals surface area contributed by atoms with E-state index in [-0.39, 0.29) is 6.03 Å². The molecule has 2 N–H and O–H groups in total. The maximum absolute atomic E-state index is 11.9. The van der Waals surface area contributed by atoms with E-state index in [1.807, 2.05) is 30.3 Å². The van der Waals surface area contributed by atoms with Crippen LogP contribution < -0.4 is 15.4 Å². The van der Waals surface area contributed by atoms with Gasteiger partial charge in [0.2, 0.25) is 0 Å². The van der Waals surface area contributed by atoms with Crippen LogP contribution in [-0.2, 0) is 0 Å². The predicted octanol–water partition coefficient (Wildman–Crippen LogP) is 4.23. The summed E-state index contributed by atoms with van der Waals surface area (Å²) in [5.74, 6) is 1.17. The summed E-state index contributed by atoms with van der Waals surface area (Å²) >= 11 is 0. The molecule has 0 saturated carbocycles. The van der Waals surface area contributed by atoms with Gasteiger partial charge in [-0.2, -0.15) is 5.26 Å². The van der Waals surface area contributed by atoms with Gasteiger partial charge < -0.3 is 15.4 Å². The average molecular weight is 323 g/mol. The highest BCUT2D eigenvalue weighted by atomic mass is 16.5. The summed E-state index contributed by atoms with van der Waals surface area (Å²) in [4.78, 5) is 11.9. The molecule has 5 nitrogen and oxygen atoms in total. The summed E-state index contributed by atoms with van der Waals surface area (Å²) in [5, 5.41) is 14.2. The lowest BCUT2D eigenvalue weighted by Crippen LogP contribution is -2.39. The first-order valence-corrected chi connectivity index (χ1v) is 7.82. The molecule has 0 spiro atoms. The van der Waals surface area contributed by atoms with Crippen molar-refractivity contribution in [3.8, 4) is 11.8 Å². The van der Waals surface area contributed by atoms with Gasteiger partial charge >= 0.3 is 6.03 Å². The molecular formula is C19H21N3O2. The van der Waals surface area contributed by atoms with E-state index < -0.39 is 6.23 Å². The number of hydrogen-bond donors (Lipinski definition) is 2. The van der Waals surface area contributed by atoms with Crippen molar-refractivity contribution in [1.82, 2.24) is 5.32 Å². The first-order valence-electron chi connectivity index (χ1n) is 7.82. The Hall–Kier alpha value is -3.00. The van der Waals surface area contributed by atoms with Gasteiger partial charge in [-0.3, -0.25) is 0 Å². The minimum Gasteiger partial charge on any atom is -0.471 e. The Bertz CT molecular complexity index is 716. The van der Waals surface area contributed by atoms with Gasteiger partial charge in [-0.25, -0.2) is 4.79 Å². The Balaban J connectivity index is 1.85. The van der Waals surface area contributed by atoms with Crippen molar-refractivity contribution < 1.29 is 9.53 Å². The highest BCUT2D eigenvalue weighted by Gasteiger charge is 2.09. The van der Waals surface area contributed by atoms with E-state index in [4.69, 9.17) is 10.00 Å². The summed E-state index contributed by atoms with van der Waals surface area (Å²) < 4.78 is 5.68. The van der Waals surface area contributed by atoms with Crippen LogP contribution >= 0.6 is 0 Å². The maximum Gasteiger partial charge on any atom is 0.322 e. The molecule has 1 unspecified atom stereocenters. The lowest BCUT2D eigenvalue weighted by atomic mass is 10.0. The van der Waals surface area contributed by atoms with Gasteiger partial charge in [0, 0.05) is 5.69 Å². The Morgan fingerprint density at radius 3 is 2.21 bits per heavy atom. The summed E-state index contributed by atoms with van der Waals surface area (Å²) in [7, 11) is 0. The summed E-state index contributed by atoms with van der Waals surface area (Å²) in [6, 6.07) is 16.1. The van der Waals surface area contributed by atoms with E-state index in [0.29, 0.717) is 22.9 Å². The van der Waals surface area contributed by atoms with E-state index in [9.17, 15) is 4.79 Å². The third-order valence-electron chi connectivity index (χ3n) is 3.47. The van der Waals surface area contributed by atoms with E-state index in [1.165, 1.54) is 5.56 Å². The molecule has 0 radical (unpaired) electrons. The molecule has 0 aliphatic heterocycles. The summed E-state index contributed by atoms with van der Waals surface area (Å²) in [6.07, 6.45) is -0.478. The molecule has 0 aliphatic rings. The van der Waals surface area contributed by atoms with Crippen LogP contribution in [0.25, 0.3) is 0 Å². The third-order valence-corrected chi connectivity index (χ3v) is 3.47. The Labute approximate surface area is 142 Å². The van der Waals surface area contributed by atoms with Crippen molar-refractivity contribution in [1.29, 1.82) is 5.26 Å². The zero-order valence-corrected chi connectivity index (χ0v) is 14.0. The molecule has 0 bridgehead atoms. The molecule has 0 saturated heterocycles. The predicted molar refractivity (Wildman–Crippen MR) is 93.9 cm³/mol. The smallest absolute Gasteiger partial charge is 0.322 e. The quantitative estimate of drug-likeness (QED) is 0.809. The van der Waals surface area contributed by atoms with Crippen molar-refractivity contribution in [2.45, 2.75) is 32.9 Å². The second-order valence-corrected chi connectivity index (χ2v) is 5.77. The molecule has 0 aliphatic carbocycles. The number of carbonyl (C=O) groups is 1. The van der Waals surface area contributed by atoms with Gasteiger partial charge in [0.05, 0.1) is 11.6 Å². The molecule has 0 fully saturated rings. The number of ether oxygens (including phenoxy) is 1. The molecule has 5 heteroatoms. The van der Waals surface area contributed by atoms with Crippen LogP contribution in [0.2, 0.25) is 0 Å². The van der Waals surface area contributed by atoms with Crippen LogP contribution in [-0.4, -0.2) is 12.3 Å². The number of urea groups is 1. The van der Waals surface area contributed by atoms with Gasteiger partial charge in [0.25, 0.3) is 0 Å². The first-order chi connectivity index (χ1) is 11.5. The second kappa shape index (κ2) is 8.02. The van der Waals surface area contributed by atoms with Gasteiger partial charge in [-0.15, -0.1) is 0 Å². The molecule has 2 rings (SSSR count). The molecule has 2 aromatic carbocycles. The number of hydrogen-bond acceptors (Lipinski definition) is 3. The number of amides is 2. The second-order valence-electron chi connectivity index (χ2n) is 5.77. The molecular weight excluding hydrogens is 302 g/mol. The van der Waals surface area contributed by atoms with Crippen LogP contribution in [0.5, 0.6) is 5.75 Å². The van der Waals surface area contributed by atoms with Crippen molar-refractivity contribution in [3.63, 3.8) is 0 Å². The molecule has 0 aromatic heterocycles. The molecule has 2 aromatic rings. The van der Waals surface area contributed by atoms with E-state index in [1.54, 1.807) is 31.2 Å². The summed E-state index contributed by atoms with van der Waals surface area (Å²) in [6.45, 7) is 6.02. The maximum atomic E-state index is 11.9. The highest BCUT2D eigenvalue weighted by Crippen LogP contribution is 2.19. The molecule has 1 atom stereocenters. The number of nitriles is 1. The minimum atomic E-state index is -0.478. The van der Waals surface area contributed by atoms with Gasteiger partial charge in [-0.1, -0.05) is 26.0 Å². The molecule has 24 heavy (non-hydrogen) atoms. The summed E-state index contributed by atoms with van der Waals surface area (Å²) in [5.41, 5.74) is 2.39. The fourth-order valence-electron chi connectivity index (χ4n) is 2.14. The van der Waals surface area contributed by atoms with Crippen LogP contribution in [0.15, 0.2) is 48.5 Å². The topological polar surface area (TPSA) is 74.2 Å². The van der Waals surface area contributed by atoms with Crippen molar-refractivity contribution >= 4 is 11.7 Å². The lowest BCUT2D eigenvalue weighted by Gasteiger charge is -2.17. The Kier molecular flexibility index (Phi) is 5.80.